The van der Waals surface area contributed by atoms with E-state index in [4.69, 9.17) is 42.6 Å². The van der Waals surface area contributed by atoms with Crippen LogP contribution >= 0.6 is 0 Å². The highest BCUT2D eigenvalue weighted by Gasteiger charge is 2.71. The zero-order chi connectivity index (χ0) is 53.9. The van der Waals surface area contributed by atoms with Gasteiger partial charge in [-0.3, -0.25) is 9.59 Å². The van der Waals surface area contributed by atoms with Gasteiger partial charge in [0.05, 0.1) is 38.6 Å². The van der Waals surface area contributed by atoms with Gasteiger partial charge in [-0.2, -0.15) is 0 Å². The number of ketones is 1. The van der Waals surface area contributed by atoms with Gasteiger partial charge in [0, 0.05) is 24.7 Å². The van der Waals surface area contributed by atoms with Crippen LogP contribution in [0.5, 0.6) is 0 Å². The van der Waals surface area contributed by atoms with Crippen molar-refractivity contribution in [2.45, 2.75) is 228 Å². The Morgan fingerprint density at radius 2 is 1.35 bits per heavy atom. The first-order valence-corrected chi connectivity index (χ1v) is 26.5. The van der Waals surface area contributed by atoms with Crippen molar-refractivity contribution in [1.29, 1.82) is 0 Å². The zero-order valence-electron chi connectivity index (χ0n) is 43.1. The van der Waals surface area contributed by atoms with Gasteiger partial charge in [0.1, 0.15) is 90.7 Å². The van der Waals surface area contributed by atoms with Gasteiger partial charge in [0.2, 0.25) is 0 Å². The number of carbonyl (C=O) groups is 2. The van der Waals surface area contributed by atoms with Gasteiger partial charge in [-0.1, -0.05) is 46.3 Å². The van der Waals surface area contributed by atoms with Crippen LogP contribution in [0, 0.1) is 40.4 Å². The van der Waals surface area contributed by atoms with Gasteiger partial charge < -0.3 is 104 Å². The van der Waals surface area contributed by atoms with Gasteiger partial charge in [-0.25, -0.2) is 0 Å². The van der Waals surface area contributed by atoms with Gasteiger partial charge >= 0.3 is 5.97 Å². The van der Waals surface area contributed by atoms with Crippen LogP contribution in [0.1, 0.15) is 99.3 Å². The average molecular weight is 1060 g/mol. The number of allylic oxidation sites excluding steroid dienone is 1. The normalized spacial score (nSPS) is 50.0. The van der Waals surface area contributed by atoms with Crippen LogP contribution < -0.4 is 0 Å². The molecule has 8 rings (SSSR count). The molecule has 4 heterocycles. The standard InChI is InChI=1S/C51H82O23/c1-21(2)7-10-29(54)22(3)51(65)34(73-48-44(69-23(4)53)43(31(56)19-67-48)74-46-40(62)35(57)30(55)18-66-46)16-28-26-9-8-24-15-25(11-13-49(24,5)27(26)12-14-50(28,51)6)70-47-42(64)39(61)37(59)33(72-47)20-68-45-41(63)38(60)36(58)32(17-52)71-45/h8,21-22,25-28,30-48,52,55-65H,7,9-20H2,1-6H3/t22-,25+,26-,27+,28+,30?,31?,32?,33?,34+,35?,36?,37?,38?,39?,40?,41?,42?,43?,44?,45?,46?,47?,48?,49+,50+,51-/m1/s1. The van der Waals surface area contributed by atoms with Crippen molar-refractivity contribution in [2.75, 3.05) is 26.4 Å². The van der Waals surface area contributed by atoms with E-state index >= 15 is 0 Å². The molecule has 0 radical (unpaired) electrons. The minimum absolute atomic E-state index is 0.0174. The van der Waals surface area contributed by atoms with Crippen LogP contribution in [0.3, 0.4) is 0 Å². The molecule has 0 amide bonds. The van der Waals surface area contributed by atoms with Gasteiger partial charge in [-0.15, -0.1) is 0 Å². The van der Waals surface area contributed by atoms with E-state index in [-0.39, 0.29) is 54.5 Å². The van der Waals surface area contributed by atoms with Crippen molar-refractivity contribution in [3.8, 4) is 0 Å². The molecule has 3 saturated carbocycles. The zero-order valence-corrected chi connectivity index (χ0v) is 43.1. The third-order valence-electron chi connectivity index (χ3n) is 18.5. The summed E-state index contributed by atoms with van der Waals surface area (Å²) in [5.74, 6) is -1.63. The number of esters is 1. The van der Waals surface area contributed by atoms with Crippen molar-refractivity contribution in [1.82, 2.24) is 0 Å². The fourth-order valence-corrected chi connectivity index (χ4v) is 13.9. The molecule has 23 heteroatoms. The highest BCUT2D eigenvalue weighted by atomic mass is 16.8. The lowest BCUT2D eigenvalue weighted by molar-refractivity contribution is -0.345. The molecule has 27 atom stereocenters. The summed E-state index contributed by atoms with van der Waals surface area (Å²) >= 11 is 0. The van der Waals surface area contributed by atoms with E-state index in [9.17, 15) is 70.9 Å². The summed E-state index contributed by atoms with van der Waals surface area (Å²) in [5.41, 5.74) is -1.81. The first-order valence-electron chi connectivity index (χ1n) is 26.5. The molecular formula is C51H82O23. The number of Topliss-reactive ketones (excluding diaryl/α,β-unsaturated/α-hetero) is 1. The fourth-order valence-electron chi connectivity index (χ4n) is 13.9. The van der Waals surface area contributed by atoms with Gasteiger partial charge in [0.15, 0.2) is 31.3 Å². The van der Waals surface area contributed by atoms with E-state index in [0.29, 0.717) is 51.4 Å². The number of ether oxygens (including phenoxy) is 9. The lowest BCUT2D eigenvalue weighted by Crippen LogP contribution is -2.64. The first-order chi connectivity index (χ1) is 34.9. The monoisotopic (exact) mass is 1060 g/mol. The number of aliphatic hydroxyl groups is 12. The van der Waals surface area contributed by atoms with Crippen LogP contribution in [-0.2, 0) is 52.2 Å². The molecule has 23 nitrogen and oxygen atoms in total. The topological polar surface area (TPSA) is 360 Å². The molecule has 4 aliphatic heterocycles. The minimum atomic E-state index is -1.76. The van der Waals surface area contributed by atoms with E-state index in [1.54, 1.807) is 6.92 Å². The molecule has 0 aromatic heterocycles. The van der Waals surface area contributed by atoms with E-state index < -0.39 is 159 Å². The quantitative estimate of drug-likeness (QED) is 0.0576. The molecule has 12 N–H and O–H groups in total. The molecule has 0 aromatic rings. The Morgan fingerprint density at radius 3 is 2.03 bits per heavy atom. The third kappa shape index (κ3) is 10.8. The highest BCUT2D eigenvalue weighted by Crippen LogP contribution is 2.69. The summed E-state index contributed by atoms with van der Waals surface area (Å²) in [5, 5.41) is 129. The summed E-state index contributed by atoms with van der Waals surface area (Å²) in [7, 11) is 0. The summed E-state index contributed by atoms with van der Waals surface area (Å²) in [6.07, 6.45) is -22.2. The summed E-state index contributed by atoms with van der Waals surface area (Å²) in [4.78, 5) is 27.0. The molecular weight excluding hydrogens is 981 g/mol. The predicted molar refractivity (Wildman–Crippen MR) is 250 cm³/mol. The van der Waals surface area contributed by atoms with Crippen LogP contribution in [-0.4, -0.2) is 228 Å². The maximum atomic E-state index is 14.3. The summed E-state index contributed by atoms with van der Waals surface area (Å²) < 4.78 is 53.4. The molecule has 0 bridgehead atoms. The fraction of sp³-hybridized carbons (Fsp3) is 0.922. The molecule has 0 aromatic carbocycles. The van der Waals surface area contributed by atoms with Gasteiger partial charge in [-0.05, 0) is 80.5 Å². The number of hydrogen-bond donors (Lipinski definition) is 12. The number of aliphatic hydroxyl groups excluding tert-OH is 11. The second kappa shape index (κ2) is 23.0. The average Bonchev–Trinajstić information content (AvgIpc) is 3.59. The maximum absolute atomic E-state index is 14.3. The minimum Gasteiger partial charge on any atom is -0.454 e. The second-order valence-corrected chi connectivity index (χ2v) is 23.3. The van der Waals surface area contributed by atoms with Crippen molar-refractivity contribution in [3.05, 3.63) is 11.6 Å². The molecule has 7 fully saturated rings. The van der Waals surface area contributed by atoms with E-state index in [2.05, 4.69) is 13.0 Å². The molecule has 0 spiro atoms. The summed E-state index contributed by atoms with van der Waals surface area (Å²) in [6.45, 7) is 9.25. The Bertz CT molecular complexity index is 1960. The molecule has 8 aliphatic rings. The van der Waals surface area contributed by atoms with Crippen molar-refractivity contribution >= 4 is 11.8 Å². The molecule has 4 aliphatic carbocycles. The van der Waals surface area contributed by atoms with Crippen LogP contribution in [0.25, 0.3) is 0 Å². The van der Waals surface area contributed by atoms with E-state index in [0.717, 1.165) is 12.5 Å². The van der Waals surface area contributed by atoms with Crippen LogP contribution in [0.4, 0.5) is 0 Å². The lowest BCUT2D eigenvalue weighted by Gasteiger charge is -2.59. The number of hydrogen-bond acceptors (Lipinski definition) is 23. The largest absolute Gasteiger partial charge is 0.454 e. The Balaban J connectivity index is 0.998. The third-order valence-corrected chi connectivity index (χ3v) is 18.5. The number of rotatable bonds is 16. The van der Waals surface area contributed by atoms with Crippen LogP contribution in [0.15, 0.2) is 11.6 Å². The Kier molecular flexibility index (Phi) is 18.1. The molecule has 424 valence electrons. The van der Waals surface area contributed by atoms with E-state index in [1.807, 2.05) is 20.8 Å². The number of carbonyl (C=O) groups excluding carboxylic acids is 2. The lowest BCUT2D eigenvalue weighted by atomic mass is 9.46. The summed E-state index contributed by atoms with van der Waals surface area (Å²) in [6, 6.07) is 0. The first kappa shape index (κ1) is 58.2. The van der Waals surface area contributed by atoms with Crippen LogP contribution in [0.2, 0.25) is 0 Å². The Morgan fingerprint density at radius 1 is 0.716 bits per heavy atom. The van der Waals surface area contributed by atoms with Crippen molar-refractivity contribution in [2.24, 2.45) is 40.4 Å². The highest BCUT2D eigenvalue weighted by molar-refractivity contribution is 5.82. The molecule has 74 heavy (non-hydrogen) atoms. The van der Waals surface area contributed by atoms with Crippen molar-refractivity contribution in [3.63, 3.8) is 0 Å². The van der Waals surface area contributed by atoms with Crippen molar-refractivity contribution < 1.29 is 113 Å². The smallest absolute Gasteiger partial charge is 0.303 e. The predicted octanol–water partition coefficient (Wildman–Crippen LogP) is -2.20. The number of fused-ring (bicyclic) bond motifs is 5. The second-order valence-electron chi connectivity index (χ2n) is 23.3. The Hall–Kier alpha value is -1.92. The maximum Gasteiger partial charge on any atom is 0.303 e. The SMILES string of the molecule is CC(=O)OC1C(O[C@H]2C[C@H]3[C@@H]4CC=C5C[C@@H](OC6OC(COC7OC(CO)C(O)C(O)C7O)C(O)C(O)C6O)CC[C@]5(C)[C@H]4CC[C@]3(C)[C@@]2(O)[C@H](C)C(=O)CCC(C)C)OCC(O)C1OC1OCC(O)C(O)C1O. The Labute approximate surface area is 430 Å². The molecule has 18 unspecified atom stereocenters. The van der Waals surface area contributed by atoms with Gasteiger partial charge in [0.25, 0.3) is 0 Å². The molecule has 4 saturated heterocycles. The van der Waals surface area contributed by atoms with E-state index in [1.165, 1.54) is 0 Å².